The minimum Gasteiger partial charge on any atom is -0.444 e. The second-order valence-electron chi connectivity index (χ2n) is 8.16. The molecule has 33 heavy (non-hydrogen) atoms. The van der Waals surface area contributed by atoms with Crippen molar-refractivity contribution in [3.8, 4) is 22.8 Å². The molecule has 0 radical (unpaired) electrons. The molecule has 0 saturated heterocycles. The van der Waals surface area contributed by atoms with Crippen molar-refractivity contribution in [1.29, 1.82) is 0 Å². The number of pyridine rings is 1. The first-order chi connectivity index (χ1) is 15.6. The van der Waals surface area contributed by atoms with Gasteiger partial charge in [-0.05, 0) is 39.0 Å². The second kappa shape index (κ2) is 8.70. The average molecular weight is 473 g/mol. The molecule has 0 bridgehead atoms. The molecule has 4 rings (SSSR count). The Kier molecular flexibility index (Phi) is 5.94. The van der Waals surface area contributed by atoms with Gasteiger partial charge in [-0.1, -0.05) is 23.7 Å². The molecule has 8 nitrogen and oxygen atoms in total. The monoisotopic (exact) mass is 472 g/mol. The van der Waals surface area contributed by atoms with Crippen LogP contribution in [0.3, 0.4) is 0 Å². The van der Waals surface area contributed by atoms with Crippen LogP contribution in [0.5, 0.6) is 0 Å². The summed E-state index contributed by atoms with van der Waals surface area (Å²) in [4.78, 5) is 24.9. The lowest BCUT2D eigenvalue weighted by atomic mass is 10.2. The number of carbonyl (C=O) groups is 1. The van der Waals surface area contributed by atoms with Crippen molar-refractivity contribution in [2.75, 3.05) is 5.32 Å². The van der Waals surface area contributed by atoms with Crippen LogP contribution >= 0.6 is 11.6 Å². The molecule has 170 valence electrons. The molecule has 11 heteroatoms. The molecular formula is C22H19ClF2N6O2. The van der Waals surface area contributed by atoms with Gasteiger partial charge < -0.3 is 4.74 Å². The van der Waals surface area contributed by atoms with Crippen LogP contribution < -0.4 is 5.32 Å². The number of halogens is 3. The number of hydrogen-bond donors (Lipinski definition) is 1. The maximum absolute atomic E-state index is 14.1. The molecule has 2 aliphatic rings. The van der Waals surface area contributed by atoms with E-state index in [1.807, 2.05) is 0 Å². The molecule has 0 unspecified atom stereocenters. The first-order valence-electron chi connectivity index (χ1n) is 9.89. The highest BCUT2D eigenvalue weighted by molar-refractivity contribution is 6.29. The zero-order valence-corrected chi connectivity index (χ0v) is 18.7. The van der Waals surface area contributed by atoms with Crippen LogP contribution in [0.4, 0.5) is 19.4 Å². The lowest BCUT2D eigenvalue weighted by molar-refractivity contribution is 0.0635. The molecule has 1 amide bonds. The van der Waals surface area contributed by atoms with E-state index in [-0.39, 0.29) is 28.9 Å². The van der Waals surface area contributed by atoms with E-state index >= 15 is 0 Å². The predicted molar refractivity (Wildman–Crippen MR) is 118 cm³/mol. The number of nitrogens with zero attached hydrogens (tertiary/aromatic N) is 5. The second-order valence-corrected chi connectivity index (χ2v) is 8.55. The number of carbonyl (C=O) groups excluding carboxylic acids is 1. The van der Waals surface area contributed by atoms with Crippen molar-refractivity contribution in [2.45, 2.75) is 32.9 Å². The fraction of sp³-hybridized carbons (Fsp3) is 0.227. The summed E-state index contributed by atoms with van der Waals surface area (Å²) in [5, 5.41) is 7.09. The topological polar surface area (TPSA) is 94.8 Å². The number of rotatable bonds is 4. The zero-order chi connectivity index (χ0) is 23.8. The van der Waals surface area contributed by atoms with Crippen LogP contribution in [0, 0.1) is 11.6 Å². The number of imidazole rings is 1. The van der Waals surface area contributed by atoms with Gasteiger partial charge in [0.2, 0.25) is 0 Å². The fourth-order valence-corrected chi connectivity index (χ4v) is 3.17. The summed E-state index contributed by atoms with van der Waals surface area (Å²) < 4.78 is 34.5. The van der Waals surface area contributed by atoms with Crippen LogP contribution in [0.25, 0.3) is 22.8 Å². The summed E-state index contributed by atoms with van der Waals surface area (Å²) in [6.07, 6.45) is 2.40. The van der Waals surface area contributed by atoms with E-state index in [2.05, 4.69) is 25.4 Å². The quantitative estimate of drug-likeness (QED) is 0.412. The molecule has 0 aliphatic carbocycles. The normalized spacial score (nSPS) is 11.6. The number of benzene rings is 1. The Bertz CT molecular complexity index is 1300. The van der Waals surface area contributed by atoms with Gasteiger partial charge >= 0.3 is 6.09 Å². The number of amides is 1. The third-order valence-electron chi connectivity index (χ3n) is 4.40. The predicted octanol–water partition coefficient (Wildman–Crippen LogP) is 5.17. The third-order valence-corrected chi connectivity index (χ3v) is 4.61. The zero-order valence-electron chi connectivity index (χ0n) is 17.9. The largest absolute Gasteiger partial charge is 0.444 e. The molecule has 0 saturated carbocycles. The van der Waals surface area contributed by atoms with E-state index in [0.717, 1.165) is 6.07 Å². The van der Waals surface area contributed by atoms with E-state index in [1.54, 1.807) is 43.8 Å². The SMILES string of the molecule is CC(C)(C)OC(=O)Nc1nc(Cl)ccc1Cn1cc2nc(-c3cccc(F)c3F)nc-2cn1. The van der Waals surface area contributed by atoms with E-state index in [1.165, 1.54) is 18.3 Å². The molecule has 3 heterocycles. The van der Waals surface area contributed by atoms with Crippen molar-refractivity contribution in [2.24, 2.45) is 0 Å². The molecular weight excluding hydrogens is 454 g/mol. The summed E-state index contributed by atoms with van der Waals surface area (Å²) in [7, 11) is 0. The highest BCUT2D eigenvalue weighted by Crippen LogP contribution is 2.27. The lowest BCUT2D eigenvalue weighted by Gasteiger charge is -2.20. The summed E-state index contributed by atoms with van der Waals surface area (Å²) in [6.45, 7) is 5.46. The maximum atomic E-state index is 14.1. The first kappa shape index (κ1) is 22.5. The minimum atomic E-state index is -1.02. The average Bonchev–Trinajstić information content (AvgIpc) is 3.13. The van der Waals surface area contributed by atoms with Gasteiger partial charge in [0.05, 0.1) is 24.5 Å². The lowest BCUT2D eigenvalue weighted by Crippen LogP contribution is -2.28. The van der Waals surface area contributed by atoms with Crippen LogP contribution in [0.15, 0.2) is 42.7 Å². The van der Waals surface area contributed by atoms with Crippen molar-refractivity contribution < 1.29 is 18.3 Å². The summed E-state index contributed by atoms with van der Waals surface area (Å²) in [5.74, 6) is -1.71. The van der Waals surface area contributed by atoms with Crippen LogP contribution in [0.2, 0.25) is 5.15 Å². The first-order valence-corrected chi connectivity index (χ1v) is 10.3. The number of hydrogen-bond acceptors (Lipinski definition) is 6. The highest BCUT2D eigenvalue weighted by Gasteiger charge is 2.20. The minimum absolute atomic E-state index is 0.0384. The van der Waals surface area contributed by atoms with E-state index in [4.69, 9.17) is 16.3 Å². The summed E-state index contributed by atoms with van der Waals surface area (Å²) >= 11 is 6.00. The van der Waals surface area contributed by atoms with Crippen LogP contribution in [0.1, 0.15) is 26.3 Å². The Morgan fingerprint density at radius 3 is 2.64 bits per heavy atom. The van der Waals surface area contributed by atoms with Gasteiger partial charge in [-0.15, -0.1) is 0 Å². The molecule has 2 aliphatic heterocycles. The molecule has 2 aromatic rings. The molecule has 0 spiro atoms. The molecule has 1 aromatic heterocycles. The van der Waals surface area contributed by atoms with Crippen LogP contribution in [-0.4, -0.2) is 36.4 Å². The number of anilines is 1. The van der Waals surface area contributed by atoms with E-state index < -0.39 is 23.3 Å². The van der Waals surface area contributed by atoms with Crippen molar-refractivity contribution in [3.05, 3.63) is 65.1 Å². The summed E-state index contributed by atoms with van der Waals surface area (Å²) in [6, 6.07) is 7.11. The van der Waals surface area contributed by atoms with Gasteiger partial charge in [-0.3, -0.25) is 10.00 Å². The smallest absolute Gasteiger partial charge is 0.413 e. The van der Waals surface area contributed by atoms with Crippen molar-refractivity contribution in [1.82, 2.24) is 24.7 Å². The molecule has 0 fully saturated rings. The van der Waals surface area contributed by atoms with E-state index in [9.17, 15) is 13.6 Å². The van der Waals surface area contributed by atoms with Gasteiger partial charge in [0.15, 0.2) is 17.5 Å². The number of nitrogens with one attached hydrogen (secondary N) is 1. The molecule has 0 atom stereocenters. The Morgan fingerprint density at radius 1 is 1.12 bits per heavy atom. The van der Waals surface area contributed by atoms with Gasteiger partial charge in [0.25, 0.3) is 0 Å². The van der Waals surface area contributed by atoms with E-state index in [0.29, 0.717) is 17.0 Å². The van der Waals surface area contributed by atoms with Gasteiger partial charge in [0, 0.05) is 5.56 Å². The fourth-order valence-electron chi connectivity index (χ4n) is 3.02. The summed E-state index contributed by atoms with van der Waals surface area (Å²) in [5.41, 5.74) is 0.749. The number of ether oxygens (including phenoxy) is 1. The van der Waals surface area contributed by atoms with Gasteiger partial charge in [0.1, 0.15) is 28.0 Å². The van der Waals surface area contributed by atoms with Gasteiger partial charge in [-0.25, -0.2) is 28.5 Å². The van der Waals surface area contributed by atoms with Crippen molar-refractivity contribution in [3.63, 3.8) is 0 Å². The van der Waals surface area contributed by atoms with Gasteiger partial charge in [-0.2, -0.15) is 5.10 Å². The Hall–Kier alpha value is -3.66. The molecule has 1 N–H and O–H groups in total. The Morgan fingerprint density at radius 2 is 1.88 bits per heavy atom. The Balaban J connectivity index is 1.61. The third kappa shape index (κ3) is 5.23. The number of aromatic nitrogens is 5. The Labute approximate surface area is 192 Å². The number of fused-ring (bicyclic) bond motifs is 1. The highest BCUT2D eigenvalue weighted by atomic mass is 35.5. The van der Waals surface area contributed by atoms with Crippen LogP contribution in [-0.2, 0) is 11.3 Å². The molecule has 1 aromatic carbocycles. The standard InChI is InChI=1S/C22H19ClF2N6O2/c1-22(2,3)33-21(32)30-19-12(7-8-17(23)29-19)10-31-11-16-15(9-26-31)27-20(28-16)13-5-4-6-14(24)18(13)25/h4-9,11H,10H2,1-3H3,(H,29,30,32). The van der Waals surface area contributed by atoms with Crippen molar-refractivity contribution >= 4 is 23.5 Å². The maximum Gasteiger partial charge on any atom is 0.413 e.